The molecule has 1 aliphatic heterocycles. The van der Waals surface area contributed by atoms with Crippen LogP contribution < -0.4 is 14.4 Å². The zero-order valence-electron chi connectivity index (χ0n) is 16.5. The van der Waals surface area contributed by atoms with E-state index in [1.54, 1.807) is 22.4 Å². The van der Waals surface area contributed by atoms with E-state index in [0.29, 0.717) is 29.5 Å². The number of sulfonamides is 1. The van der Waals surface area contributed by atoms with E-state index in [2.05, 4.69) is 9.71 Å². The van der Waals surface area contributed by atoms with Crippen LogP contribution in [-0.4, -0.2) is 32.0 Å². The van der Waals surface area contributed by atoms with Crippen LogP contribution in [0.3, 0.4) is 0 Å². The highest BCUT2D eigenvalue weighted by atomic mass is 32.2. The first kappa shape index (κ1) is 20.4. The Kier molecular flexibility index (Phi) is 5.48. The summed E-state index contributed by atoms with van der Waals surface area (Å²) in [6.07, 6.45) is 1.54. The second kappa shape index (κ2) is 8.08. The van der Waals surface area contributed by atoms with Crippen LogP contribution in [0.2, 0.25) is 0 Å². The van der Waals surface area contributed by atoms with Crippen LogP contribution in [0.1, 0.15) is 19.0 Å². The number of aryl methyl sites for hydroxylation is 2. The fourth-order valence-electron chi connectivity index (χ4n) is 3.22. The fourth-order valence-corrected chi connectivity index (χ4v) is 5.01. The SMILES string of the molecule is Cc1ccc(OC2CCN(c3ccc(S(=O)(=O)Nc4nccs4)cc3)C2=O)cc1C.[HH]. The molecule has 1 fully saturated rings. The lowest BCUT2D eigenvalue weighted by Crippen LogP contribution is -2.32. The summed E-state index contributed by atoms with van der Waals surface area (Å²) in [5, 5.41) is 2.00. The Morgan fingerprint density at radius 2 is 1.93 bits per heavy atom. The summed E-state index contributed by atoms with van der Waals surface area (Å²) in [6, 6.07) is 12.0. The van der Waals surface area contributed by atoms with Gasteiger partial charge in [0.15, 0.2) is 11.2 Å². The Morgan fingerprint density at radius 3 is 2.60 bits per heavy atom. The van der Waals surface area contributed by atoms with Gasteiger partial charge >= 0.3 is 0 Å². The van der Waals surface area contributed by atoms with Gasteiger partial charge in [0, 0.05) is 31.7 Å². The van der Waals surface area contributed by atoms with Gasteiger partial charge in [-0.3, -0.25) is 9.52 Å². The number of anilines is 2. The molecule has 1 saturated heterocycles. The van der Waals surface area contributed by atoms with Crippen LogP contribution in [0, 0.1) is 13.8 Å². The first-order valence-corrected chi connectivity index (χ1v) is 11.8. The van der Waals surface area contributed by atoms with E-state index < -0.39 is 16.1 Å². The number of rotatable bonds is 6. The summed E-state index contributed by atoms with van der Waals surface area (Å²) in [6.45, 7) is 4.54. The number of hydrogen-bond donors (Lipinski definition) is 1. The van der Waals surface area contributed by atoms with Gasteiger partial charge in [-0.25, -0.2) is 13.4 Å². The number of hydrogen-bond acceptors (Lipinski definition) is 6. The highest BCUT2D eigenvalue weighted by Gasteiger charge is 2.34. The quantitative estimate of drug-likeness (QED) is 0.620. The maximum Gasteiger partial charge on any atom is 0.268 e. The van der Waals surface area contributed by atoms with Crippen molar-refractivity contribution in [2.75, 3.05) is 16.2 Å². The Balaban J connectivity index is 0.00000272. The number of carbonyl (C=O) groups excluding carboxylic acids is 1. The number of amides is 1. The molecule has 7 nitrogen and oxygen atoms in total. The third-order valence-corrected chi connectivity index (χ3v) is 7.20. The van der Waals surface area contributed by atoms with Crippen LogP contribution in [-0.2, 0) is 14.8 Å². The largest absolute Gasteiger partial charge is 0.481 e. The first-order valence-electron chi connectivity index (χ1n) is 9.41. The second-order valence-corrected chi connectivity index (χ2v) is 9.64. The van der Waals surface area contributed by atoms with E-state index in [9.17, 15) is 13.2 Å². The van der Waals surface area contributed by atoms with Gasteiger partial charge in [0.05, 0.1) is 4.90 Å². The minimum Gasteiger partial charge on any atom is -0.481 e. The molecule has 0 aliphatic carbocycles. The molecule has 0 radical (unpaired) electrons. The van der Waals surface area contributed by atoms with E-state index in [1.807, 2.05) is 32.0 Å². The highest BCUT2D eigenvalue weighted by Crippen LogP contribution is 2.27. The number of ether oxygens (including phenoxy) is 1. The van der Waals surface area contributed by atoms with Gasteiger partial charge < -0.3 is 9.64 Å². The average Bonchev–Trinajstić information content (AvgIpc) is 3.35. The third kappa shape index (κ3) is 4.17. The van der Waals surface area contributed by atoms with Gasteiger partial charge in [-0.1, -0.05) is 6.07 Å². The zero-order valence-corrected chi connectivity index (χ0v) is 18.2. The maximum absolute atomic E-state index is 12.8. The lowest BCUT2D eigenvalue weighted by Gasteiger charge is -2.18. The minimum atomic E-state index is -3.73. The molecule has 1 unspecified atom stereocenters. The zero-order chi connectivity index (χ0) is 21.3. The number of nitrogens with one attached hydrogen (secondary N) is 1. The van der Waals surface area contributed by atoms with Crippen molar-refractivity contribution >= 4 is 38.1 Å². The molecular weight excluding hydrogens is 422 g/mol. The molecule has 1 atom stereocenters. The summed E-state index contributed by atoms with van der Waals surface area (Å²) in [5.41, 5.74) is 2.92. The predicted molar refractivity (Wildman–Crippen MR) is 119 cm³/mol. The molecular formula is C21H23N3O4S2. The summed E-state index contributed by atoms with van der Waals surface area (Å²) >= 11 is 1.20. The molecule has 1 aromatic heterocycles. The molecule has 30 heavy (non-hydrogen) atoms. The van der Waals surface area contributed by atoms with Crippen molar-refractivity contribution in [1.29, 1.82) is 0 Å². The fraction of sp³-hybridized carbons (Fsp3) is 0.238. The Hall–Kier alpha value is -2.91. The molecule has 0 saturated carbocycles. The Labute approximate surface area is 180 Å². The average molecular weight is 446 g/mol. The van der Waals surface area contributed by atoms with Crippen LogP contribution in [0.5, 0.6) is 5.75 Å². The molecule has 1 aliphatic rings. The monoisotopic (exact) mass is 445 g/mol. The molecule has 3 aromatic rings. The van der Waals surface area contributed by atoms with Gasteiger partial charge in [-0.15, -0.1) is 11.3 Å². The van der Waals surface area contributed by atoms with Crippen LogP contribution in [0.25, 0.3) is 0 Å². The van der Waals surface area contributed by atoms with Gasteiger partial charge in [0.2, 0.25) is 0 Å². The lowest BCUT2D eigenvalue weighted by molar-refractivity contribution is -0.122. The van der Waals surface area contributed by atoms with Gasteiger partial charge in [-0.2, -0.15) is 0 Å². The summed E-state index contributed by atoms with van der Waals surface area (Å²) in [4.78, 5) is 18.5. The van der Waals surface area contributed by atoms with Gasteiger partial charge in [0.1, 0.15) is 5.75 Å². The van der Waals surface area contributed by atoms with Gasteiger partial charge in [0.25, 0.3) is 15.9 Å². The van der Waals surface area contributed by atoms with Crippen molar-refractivity contribution in [2.24, 2.45) is 0 Å². The highest BCUT2D eigenvalue weighted by molar-refractivity contribution is 7.93. The Morgan fingerprint density at radius 1 is 1.17 bits per heavy atom. The normalized spacial score (nSPS) is 16.7. The van der Waals surface area contributed by atoms with Crippen molar-refractivity contribution in [3.8, 4) is 5.75 Å². The molecule has 1 N–H and O–H groups in total. The van der Waals surface area contributed by atoms with E-state index in [1.165, 1.54) is 35.2 Å². The number of carbonyl (C=O) groups is 1. The molecule has 1 amide bonds. The summed E-state index contributed by atoms with van der Waals surface area (Å²) in [5.74, 6) is 0.540. The van der Waals surface area contributed by atoms with E-state index in [0.717, 1.165) is 5.56 Å². The van der Waals surface area contributed by atoms with Crippen molar-refractivity contribution < 1.29 is 19.4 Å². The summed E-state index contributed by atoms with van der Waals surface area (Å²) < 4.78 is 33.3. The number of benzene rings is 2. The van der Waals surface area contributed by atoms with Crippen molar-refractivity contribution in [3.05, 3.63) is 65.2 Å². The lowest BCUT2D eigenvalue weighted by atomic mass is 10.1. The number of nitrogens with zero attached hydrogens (tertiary/aromatic N) is 2. The molecule has 0 spiro atoms. The van der Waals surface area contributed by atoms with Crippen molar-refractivity contribution in [3.63, 3.8) is 0 Å². The standard InChI is InChI=1S/C21H21N3O4S2.H2/c1-14-3-6-17(13-15(14)2)28-19-9-11-24(20(19)25)16-4-7-18(8-5-16)30(26,27)23-21-22-10-12-29-21;/h3-8,10,12-13,19H,9,11H2,1-2H3,(H,22,23);1H. The minimum absolute atomic E-state index is 0. The van der Waals surface area contributed by atoms with E-state index in [-0.39, 0.29) is 12.2 Å². The second-order valence-electron chi connectivity index (χ2n) is 7.07. The Bertz CT molecular complexity index is 1170. The van der Waals surface area contributed by atoms with Gasteiger partial charge in [-0.05, 0) is 61.4 Å². The molecule has 4 rings (SSSR count). The van der Waals surface area contributed by atoms with E-state index in [4.69, 9.17) is 4.74 Å². The van der Waals surface area contributed by atoms with Crippen molar-refractivity contribution in [2.45, 2.75) is 31.3 Å². The third-order valence-electron chi connectivity index (χ3n) is 5.03. The van der Waals surface area contributed by atoms with E-state index >= 15 is 0 Å². The van der Waals surface area contributed by atoms with Crippen molar-refractivity contribution in [1.82, 2.24) is 4.98 Å². The molecule has 2 heterocycles. The first-order chi connectivity index (χ1) is 14.3. The smallest absolute Gasteiger partial charge is 0.268 e. The molecule has 0 bridgehead atoms. The van der Waals surface area contributed by atoms with Crippen LogP contribution >= 0.6 is 11.3 Å². The molecule has 2 aromatic carbocycles. The summed E-state index contributed by atoms with van der Waals surface area (Å²) in [7, 11) is -3.73. The maximum atomic E-state index is 12.8. The number of thiazole rings is 1. The topological polar surface area (TPSA) is 88.6 Å². The van der Waals surface area contributed by atoms with Crippen LogP contribution in [0.4, 0.5) is 10.8 Å². The number of aromatic nitrogens is 1. The molecule has 9 heteroatoms. The predicted octanol–water partition coefficient (Wildman–Crippen LogP) is 3.99. The van der Waals surface area contributed by atoms with Crippen LogP contribution in [0.15, 0.2) is 58.9 Å². The molecule has 158 valence electrons.